The van der Waals surface area contributed by atoms with Gasteiger partial charge in [0.1, 0.15) is 0 Å². The zero-order chi connectivity index (χ0) is 14.0. The van der Waals surface area contributed by atoms with E-state index in [1.54, 1.807) is 6.20 Å². The summed E-state index contributed by atoms with van der Waals surface area (Å²) in [6, 6.07) is 9.48. The van der Waals surface area contributed by atoms with Crippen LogP contribution in [0.15, 0.2) is 49.1 Å². The van der Waals surface area contributed by atoms with E-state index in [1.807, 2.05) is 42.9 Å². The van der Waals surface area contributed by atoms with Crippen LogP contribution in [0.5, 0.6) is 0 Å². The Bertz CT molecular complexity index is 496. The molecule has 1 heterocycles. The van der Waals surface area contributed by atoms with Crippen LogP contribution in [0.1, 0.15) is 12.8 Å². The highest BCUT2D eigenvalue weighted by Gasteiger charge is 2.00. The summed E-state index contributed by atoms with van der Waals surface area (Å²) in [5.41, 5.74) is 0.833. The molecule has 0 radical (unpaired) electrons. The molecule has 5 nitrogen and oxygen atoms in total. The fraction of sp³-hybridized carbons (Fsp3) is 0.333. The van der Waals surface area contributed by atoms with E-state index in [0.717, 1.165) is 31.6 Å². The van der Waals surface area contributed by atoms with Gasteiger partial charge < -0.3 is 15.2 Å². The van der Waals surface area contributed by atoms with Crippen molar-refractivity contribution in [3.05, 3.63) is 49.1 Å². The number of anilines is 1. The molecule has 0 bridgehead atoms. The van der Waals surface area contributed by atoms with E-state index in [2.05, 4.69) is 20.2 Å². The Kier molecular flexibility index (Phi) is 5.79. The van der Waals surface area contributed by atoms with Gasteiger partial charge in [-0.1, -0.05) is 18.2 Å². The number of rotatable bonds is 8. The lowest BCUT2D eigenvalue weighted by Gasteiger charge is -2.07. The molecule has 1 amide bonds. The number of benzene rings is 1. The molecule has 0 aliphatic heterocycles. The molecule has 20 heavy (non-hydrogen) atoms. The lowest BCUT2D eigenvalue weighted by molar-refractivity contribution is -0.115. The van der Waals surface area contributed by atoms with Crippen molar-refractivity contribution >= 4 is 11.6 Å². The summed E-state index contributed by atoms with van der Waals surface area (Å²) in [6.45, 7) is 2.16. The van der Waals surface area contributed by atoms with E-state index < -0.39 is 0 Å². The van der Waals surface area contributed by atoms with Gasteiger partial charge >= 0.3 is 0 Å². The number of carbonyl (C=O) groups excluding carboxylic acids is 1. The molecule has 2 N–H and O–H groups in total. The standard InChI is InChI=1S/C15H20N4O/c20-15(18-14-6-2-1-3-7-14)12-16-8-4-5-10-19-11-9-17-13-19/h1-3,6-7,9,11,13,16H,4-5,8,10,12H2,(H,18,20). The van der Waals surface area contributed by atoms with Crippen LogP contribution < -0.4 is 10.6 Å². The number of nitrogens with one attached hydrogen (secondary N) is 2. The maximum absolute atomic E-state index is 11.6. The van der Waals surface area contributed by atoms with Crippen LogP contribution in [-0.2, 0) is 11.3 Å². The van der Waals surface area contributed by atoms with Crippen LogP contribution in [0.3, 0.4) is 0 Å². The number of imidazole rings is 1. The van der Waals surface area contributed by atoms with Crippen LogP contribution in [0.2, 0.25) is 0 Å². The summed E-state index contributed by atoms with van der Waals surface area (Å²) in [6.07, 6.45) is 7.67. The summed E-state index contributed by atoms with van der Waals surface area (Å²) in [4.78, 5) is 15.6. The average Bonchev–Trinajstić information content (AvgIpc) is 2.97. The SMILES string of the molecule is O=C(CNCCCCn1ccnc1)Nc1ccccc1. The van der Waals surface area contributed by atoms with Gasteiger partial charge in [-0.25, -0.2) is 4.98 Å². The van der Waals surface area contributed by atoms with Crippen LogP contribution in [-0.4, -0.2) is 28.5 Å². The summed E-state index contributed by atoms with van der Waals surface area (Å²) in [5.74, 6) is -0.00851. The second-order valence-electron chi connectivity index (χ2n) is 4.60. The van der Waals surface area contributed by atoms with Crippen LogP contribution >= 0.6 is 0 Å². The number of para-hydroxylation sites is 1. The Labute approximate surface area is 119 Å². The number of carbonyl (C=O) groups is 1. The highest BCUT2D eigenvalue weighted by atomic mass is 16.1. The molecule has 1 aromatic heterocycles. The largest absolute Gasteiger partial charge is 0.337 e. The molecule has 5 heteroatoms. The molecule has 0 fully saturated rings. The quantitative estimate of drug-likeness (QED) is 0.721. The second-order valence-corrected chi connectivity index (χ2v) is 4.60. The fourth-order valence-corrected chi connectivity index (χ4v) is 1.89. The minimum Gasteiger partial charge on any atom is -0.337 e. The maximum Gasteiger partial charge on any atom is 0.238 e. The molecule has 0 saturated carbocycles. The number of nitrogens with zero attached hydrogens (tertiary/aromatic N) is 2. The van der Waals surface area contributed by atoms with E-state index in [-0.39, 0.29) is 5.91 Å². The molecule has 2 rings (SSSR count). The molecule has 0 aliphatic carbocycles. The van der Waals surface area contributed by atoms with Gasteiger partial charge in [-0.3, -0.25) is 4.79 Å². The third-order valence-electron chi connectivity index (χ3n) is 2.92. The minimum absolute atomic E-state index is 0.00851. The monoisotopic (exact) mass is 272 g/mol. The van der Waals surface area contributed by atoms with Gasteiger partial charge in [0.05, 0.1) is 12.9 Å². The van der Waals surface area contributed by atoms with E-state index in [1.165, 1.54) is 0 Å². The van der Waals surface area contributed by atoms with Gasteiger partial charge in [0.15, 0.2) is 0 Å². The first kappa shape index (κ1) is 14.3. The van der Waals surface area contributed by atoms with Crippen LogP contribution in [0.4, 0.5) is 5.69 Å². The molecular weight excluding hydrogens is 252 g/mol. The number of hydrogen-bond acceptors (Lipinski definition) is 3. The fourth-order valence-electron chi connectivity index (χ4n) is 1.89. The van der Waals surface area contributed by atoms with Gasteiger partial charge in [-0.15, -0.1) is 0 Å². The predicted octanol–water partition coefficient (Wildman–Crippen LogP) is 1.89. The normalized spacial score (nSPS) is 10.4. The lowest BCUT2D eigenvalue weighted by atomic mass is 10.3. The Balaban J connectivity index is 1.51. The zero-order valence-electron chi connectivity index (χ0n) is 11.5. The predicted molar refractivity (Wildman–Crippen MR) is 79.4 cm³/mol. The van der Waals surface area contributed by atoms with E-state index >= 15 is 0 Å². The zero-order valence-corrected chi connectivity index (χ0v) is 11.5. The Morgan fingerprint density at radius 2 is 2.05 bits per heavy atom. The summed E-state index contributed by atoms with van der Waals surface area (Å²) in [5, 5.41) is 5.99. The number of aryl methyl sites for hydroxylation is 1. The van der Waals surface area contributed by atoms with Gasteiger partial charge in [-0.2, -0.15) is 0 Å². The highest BCUT2D eigenvalue weighted by Crippen LogP contribution is 2.03. The summed E-state index contributed by atoms with van der Waals surface area (Å²) >= 11 is 0. The minimum atomic E-state index is -0.00851. The van der Waals surface area contributed by atoms with Crippen LogP contribution in [0, 0.1) is 0 Å². The molecule has 2 aromatic rings. The summed E-state index contributed by atoms with van der Waals surface area (Å²) in [7, 11) is 0. The third-order valence-corrected chi connectivity index (χ3v) is 2.92. The topological polar surface area (TPSA) is 59.0 Å². The first-order chi connectivity index (χ1) is 9.84. The molecule has 106 valence electrons. The van der Waals surface area contributed by atoms with Crippen molar-refractivity contribution in [3.8, 4) is 0 Å². The van der Waals surface area contributed by atoms with Gasteiger partial charge in [0.25, 0.3) is 0 Å². The maximum atomic E-state index is 11.6. The van der Waals surface area contributed by atoms with E-state index in [0.29, 0.717) is 6.54 Å². The Morgan fingerprint density at radius 1 is 1.20 bits per heavy atom. The van der Waals surface area contributed by atoms with Crippen molar-refractivity contribution in [2.45, 2.75) is 19.4 Å². The van der Waals surface area contributed by atoms with E-state index in [9.17, 15) is 4.79 Å². The average molecular weight is 272 g/mol. The molecule has 0 saturated heterocycles. The van der Waals surface area contributed by atoms with Gasteiger partial charge in [-0.05, 0) is 31.5 Å². The van der Waals surface area contributed by atoms with Crippen molar-refractivity contribution < 1.29 is 4.79 Å². The second kappa shape index (κ2) is 8.12. The summed E-state index contributed by atoms with van der Waals surface area (Å²) < 4.78 is 2.06. The molecule has 0 aliphatic rings. The number of aromatic nitrogens is 2. The molecule has 0 unspecified atom stereocenters. The number of amides is 1. The Hall–Kier alpha value is -2.14. The molecule has 0 spiro atoms. The van der Waals surface area contributed by atoms with Crippen molar-refractivity contribution in [1.82, 2.24) is 14.9 Å². The van der Waals surface area contributed by atoms with Crippen molar-refractivity contribution in [3.63, 3.8) is 0 Å². The van der Waals surface area contributed by atoms with Gasteiger partial charge in [0.2, 0.25) is 5.91 Å². The van der Waals surface area contributed by atoms with Crippen molar-refractivity contribution in [1.29, 1.82) is 0 Å². The number of hydrogen-bond donors (Lipinski definition) is 2. The van der Waals surface area contributed by atoms with Crippen molar-refractivity contribution in [2.75, 3.05) is 18.4 Å². The molecule has 1 aromatic carbocycles. The van der Waals surface area contributed by atoms with E-state index in [4.69, 9.17) is 0 Å². The third kappa shape index (κ3) is 5.24. The molecular formula is C15H20N4O. The number of unbranched alkanes of at least 4 members (excludes halogenated alkanes) is 1. The van der Waals surface area contributed by atoms with Crippen LogP contribution in [0.25, 0.3) is 0 Å². The first-order valence-electron chi connectivity index (χ1n) is 6.86. The first-order valence-corrected chi connectivity index (χ1v) is 6.86. The smallest absolute Gasteiger partial charge is 0.238 e. The lowest BCUT2D eigenvalue weighted by Crippen LogP contribution is -2.28. The van der Waals surface area contributed by atoms with Crippen molar-refractivity contribution in [2.24, 2.45) is 0 Å². The molecule has 0 atom stereocenters. The van der Waals surface area contributed by atoms with Gasteiger partial charge in [0, 0.05) is 24.6 Å². The highest BCUT2D eigenvalue weighted by molar-refractivity contribution is 5.92. The Morgan fingerprint density at radius 3 is 2.80 bits per heavy atom.